The summed E-state index contributed by atoms with van der Waals surface area (Å²) in [5.74, 6) is 0.515. The zero-order chi connectivity index (χ0) is 20.4. The number of hydrogen-bond acceptors (Lipinski definition) is 5. The summed E-state index contributed by atoms with van der Waals surface area (Å²) in [6.07, 6.45) is 6.28. The van der Waals surface area contributed by atoms with Gasteiger partial charge in [0.25, 0.3) is 5.56 Å². The molecule has 0 saturated heterocycles. The fourth-order valence-corrected chi connectivity index (χ4v) is 5.12. The van der Waals surface area contributed by atoms with Gasteiger partial charge in [-0.2, -0.15) is 0 Å². The lowest BCUT2D eigenvalue weighted by Gasteiger charge is -2.16. The lowest BCUT2D eigenvalue weighted by Crippen LogP contribution is -2.25. The summed E-state index contributed by atoms with van der Waals surface area (Å²) in [6.45, 7) is 2.47. The number of carbonyl (C=O) groups is 1. The molecule has 0 bridgehead atoms. The topological polar surface area (TPSA) is 61.2 Å². The molecule has 0 amide bonds. The number of carbonyl (C=O) groups excluding carboxylic acids is 1. The first kappa shape index (κ1) is 19.8. The van der Waals surface area contributed by atoms with Crippen LogP contribution in [0.5, 0.6) is 0 Å². The molecular formula is C23H26N2O3S. The maximum Gasteiger partial charge on any atom is 0.305 e. The number of ether oxygens (including phenoxy) is 1. The van der Waals surface area contributed by atoms with Gasteiger partial charge in [0.1, 0.15) is 10.7 Å². The highest BCUT2D eigenvalue weighted by atomic mass is 32.1. The summed E-state index contributed by atoms with van der Waals surface area (Å²) in [4.78, 5) is 30.4. The van der Waals surface area contributed by atoms with E-state index in [-0.39, 0.29) is 11.5 Å². The van der Waals surface area contributed by atoms with Crippen LogP contribution in [0.4, 0.5) is 0 Å². The van der Waals surface area contributed by atoms with Gasteiger partial charge in [-0.3, -0.25) is 14.2 Å². The molecule has 6 heteroatoms. The SMILES string of the molecule is CCc1nc2scc(-c3ccc4c(c3)CCCC4)c2c(=O)n1CCCC(=O)OC. The molecular weight excluding hydrogens is 384 g/mol. The highest BCUT2D eigenvalue weighted by Crippen LogP contribution is 2.33. The number of esters is 1. The Kier molecular flexibility index (Phi) is 5.81. The fourth-order valence-electron chi connectivity index (χ4n) is 4.16. The molecule has 1 aliphatic carbocycles. The Morgan fingerprint density at radius 2 is 2.03 bits per heavy atom. The third-order valence-electron chi connectivity index (χ3n) is 5.74. The van der Waals surface area contributed by atoms with Crippen LogP contribution in [0.25, 0.3) is 21.3 Å². The molecule has 0 radical (unpaired) electrons. The molecule has 0 atom stereocenters. The van der Waals surface area contributed by atoms with E-state index in [1.807, 2.05) is 6.92 Å². The quantitative estimate of drug-likeness (QED) is 0.561. The van der Waals surface area contributed by atoms with Gasteiger partial charge in [-0.15, -0.1) is 11.3 Å². The molecule has 29 heavy (non-hydrogen) atoms. The van der Waals surface area contributed by atoms with E-state index in [4.69, 9.17) is 9.72 Å². The van der Waals surface area contributed by atoms with Crippen molar-refractivity contribution in [2.24, 2.45) is 0 Å². The number of hydrogen-bond donors (Lipinski definition) is 0. The first-order valence-corrected chi connectivity index (χ1v) is 11.2. The Hall–Kier alpha value is -2.47. The predicted octanol–water partition coefficient (Wildman–Crippen LogP) is 4.52. The highest BCUT2D eigenvalue weighted by molar-refractivity contribution is 7.17. The average molecular weight is 411 g/mol. The van der Waals surface area contributed by atoms with E-state index in [0.29, 0.717) is 31.2 Å². The van der Waals surface area contributed by atoms with Gasteiger partial charge in [0.2, 0.25) is 0 Å². The first-order chi connectivity index (χ1) is 14.1. The maximum atomic E-state index is 13.4. The standard InChI is InChI=1S/C23H26N2O3S/c1-3-19-24-22-21(23(27)25(19)12-6-9-20(26)28-2)18(14-29-22)17-11-10-15-7-4-5-8-16(15)13-17/h10-11,13-14H,3-9,12H2,1-2H3. The van der Waals surface area contributed by atoms with Crippen LogP contribution in [0.1, 0.15) is 49.6 Å². The number of rotatable bonds is 6. The monoisotopic (exact) mass is 410 g/mol. The molecule has 5 nitrogen and oxygen atoms in total. The van der Waals surface area contributed by atoms with Crippen molar-refractivity contribution in [1.29, 1.82) is 0 Å². The molecule has 0 N–H and O–H groups in total. The van der Waals surface area contributed by atoms with Crippen LogP contribution in [0, 0.1) is 0 Å². The second-order valence-electron chi connectivity index (χ2n) is 7.54. The van der Waals surface area contributed by atoms with Crippen molar-refractivity contribution in [2.75, 3.05) is 7.11 Å². The van der Waals surface area contributed by atoms with Crippen LogP contribution in [0.3, 0.4) is 0 Å². The van der Waals surface area contributed by atoms with E-state index >= 15 is 0 Å². The Morgan fingerprint density at radius 3 is 2.79 bits per heavy atom. The van der Waals surface area contributed by atoms with E-state index in [9.17, 15) is 9.59 Å². The molecule has 3 aromatic rings. The van der Waals surface area contributed by atoms with Crippen LogP contribution in [-0.2, 0) is 35.3 Å². The van der Waals surface area contributed by atoms with Crippen molar-refractivity contribution in [3.8, 4) is 11.1 Å². The van der Waals surface area contributed by atoms with Gasteiger partial charge in [0.05, 0.1) is 12.5 Å². The van der Waals surface area contributed by atoms with Crippen LogP contribution >= 0.6 is 11.3 Å². The van der Waals surface area contributed by atoms with Crippen LogP contribution in [0.15, 0.2) is 28.4 Å². The Morgan fingerprint density at radius 1 is 1.24 bits per heavy atom. The third-order valence-corrected chi connectivity index (χ3v) is 6.61. The first-order valence-electron chi connectivity index (χ1n) is 10.3. The molecule has 0 aliphatic heterocycles. The summed E-state index contributed by atoms with van der Waals surface area (Å²) < 4.78 is 6.45. The number of benzene rings is 1. The Bertz CT molecular complexity index is 1110. The van der Waals surface area contributed by atoms with Gasteiger partial charge in [0, 0.05) is 30.3 Å². The van der Waals surface area contributed by atoms with Gasteiger partial charge in [-0.1, -0.05) is 25.1 Å². The molecule has 2 aromatic heterocycles. The fraction of sp³-hybridized carbons (Fsp3) is 0.435. The minimum atomic E-state index is -0.254. The molecule has 0 spiro atoms. The number of fused-ring (bicyclic) bond motifs is 2. The molecule has 0 fully saturated rings. The van der Waals surface area contributed by atoms with Crippen molar-refractivity contribution in [3.63, 3.8) is 0 Å². The third kappa shape index (κ3) is 3.86. The normalized spacial score (nSPS) is 13.4. The molecule has 1 aliphatic rings. The zero-order valence-electron chi connectivity index (χ0n) is 17.0. The number of methoxy groups -OCH3 is 1. The summed E-state index contributed by atoms with van der Waals surface area (Å²) in [5, 5.41) is 2.75. The Balaban J connectivity index is 1.76. The van der Waals surface area contributed by atoms with Crippen molar-refractivity contribution in [1.82, 2.24) is 9.55 Å². The minimum absolute atomic E-state index is 0.00862. The smallest absolute Gasteiger partial charge is 0.305 e. The maximum absolute atomic E-state index is 13.4. The number of nitrogens with zero attached hydrogens (tertiary/aromatic N) is 2. The van der Waals surface area contributed by atoms with Crippen molar-refractivity contribution >= 4 is 27.5 Å². The molecule has 152 valence electrons. The molecule has 0 unspecified atom stereocenters. The van der Waals surface area contributed by atoms with E-state index in [1.165, 1.54) is 42.4 Å². The highest BCUT2D eigenvalue weighted by Gasteiger charge is 2.18. The number of thiophene rings is 1. The van der Waals surface area contributed by atoms with Gasteiger partial charge in [-0.25, -0.2) is 4.98 Å². The zero-order valence-corrected chi connectivity index (χ0v) is 17.8. The molecule has 4 rings (SSSR count). The van der Waals surface area contributed by atoms with E-state index in [1.54, 1.807) is 4.57 Å². The summed E-state index contributed by atoms with van der Waals surface area (Å²) in [5.41, 5.74) is 4.91. The largest absolute Gasteiger partial charge is 0.469 e. The second kappa shape index (κ2) is 8.49. The predicted molar refractivity (Wildman–Crippen MR) is 117 cm³/mol. The molecule has 1 aromatic carbocycles. The van der Waals surface area contributed by atoms with Gasteiger partial charge in [-0.05, 0) is 48.8 Å². The van der Waals surface area contributed by atoms with Gasteiger partial charge in [0.15, 0.2) is 0 Å². The van der Waals surface area contributed by atoms with Gasteiger partial charge < -0.3 is 4.74 Å². The van der Waals surface area contributed by atoms with Crippen LogP contribution in [0.2, 0.25) is 0 Å². The molecule has 0 saturated carbocycles. The molecule has 2 heterocycles. The van der Waals surface area contributed by atoms with Gasteiger partial charge >= 0.3 is 5.97 Å². The van der Waals surface area contributed by atoms with Crippen molar-refractivity contribution in [2.45, 2.75) is 58.4 Å². The van der Waals surface area contributed by atoms with E-state index in [0.717, 1.165) is 34.6 Å². The van der Waals surface area contributed by atoms with E-state index in [2.05, 4.69) is 23.6 Å². The number of aromatic nitrogens is 2. The Labute approximate surface area is 174 Å². The summed E-state index contributed by atoms with van der Waals surface area (Å²) >= 11 is 1.53. The number of aryl methyl sites for hydroxylation is 3. The van der Waals surface area contributed by atoms with Crippen molar-refractivity contribution < 1.29 is 9.53 Å². The second-order valence-corrected chi connectivity index (χ2v) is 8.40. The minimum Gasteiger partial charge on any atom is -0.469 e. The summed E-state index contributed by atoms with van der Waals surface area (Å²) in [7, 11) is 1.38. The van der Waals surface area contributed by atoms with E-state index < -0.39 is 0 Å². The summed E-state index contributed by atoms with van der Waals surface area (Å²) in [6, 6.07) is 6.61. The lowest BCUT2D eigenvalue weighted by molar-refractivity contribution is -0.140. The van der Waals surface area contributed by atoms with Crippen LogP contribution < -0.4 is 5.56 Å². The van der Waals surface area contributed by atoms with Crippen LogP contribution in [-0.4, -0.2) is 22.6 Å². The average Bonchev–Trinajstić information content (AvgIpc) is 3.18. The lowest BCUT2D eigenvalue weighted by atomic mass is 9.89. The van der Waals surface area contributed by atoms with Crippen molar-refractivity contribution in [3.05, 3.63) is 50.9 Å².